The summed E-state index contributed by atoms with van der Waals surface area (Å²) in [6.45, 7) is 5.63. The van der Waals surface area contributed by atoms with E-state index in [-0.39, 0.29) is 6.04 Å². The summed E-state index contributed by atoms with van der Waals surface area (Å²) in [5, 5.41) is 6.77. The fourth-order valence-corrected chi connectivity index (χ4v) is 2.63. The first kappa shape index (κ1) is 16.1. The molecule has 0 saturated heterocycles. The molecule has 1 aromatic carbocycles. The number of hydrogen-bond donors (Lipinski definition) is 2. The van der Waals surface area contributed by atoms with Crippen LogP contribution in [0, 0.1) is 0 Å². The number of hydrogen-bond acceptors (Lipinski definition) is 3. The molecule has 0 amide bonds. The van der Waals surface area contributed by atoms with Gasteiger partial charge in [-0.2, -0.15) is 0 Å². The van der Waals surface area contributed by atoms with E-state index in [4.69, 9.17) is 4.74 Å². The number of aromatic nitrogens is 1. The van der Waals surface area contributed by atoms with Gasteiger partial charge in [-0.15, -0.1) is 6.58 Å². The van der Waals surface area contributed by atoms with E-state index in [0.717, 1.165) is 29.4 Å². The maximum absolute atomic E-state index is 5.72. The molecule has 0 unspecified atom stereocenters. The Balaban J connectivity index is 1.74. The highest BCUT2D eigenvalue weighted by atomic mass is 16.5. The van der Waals surface area contributed by atoms with E-state index in [1.165, 1.54) is 0 Å². The molecule has 5 heteroatoms. The summed E-state index contributed by atoms with van der Waals surface area (Å²) < 4.78 is 5.72. The summed E-state index contributed by atoms with van der Waals surface area (Å²) in [6, 6.07) is 14.1. The highest BCUT2D eigenvalue weighted by molar-refractivity contribution is 5.80. The van der Waals surface area contributed by atoms with Crippen LogP contribution < -0.4 is 15.4 Å². The Morgan fingerprint density at radius 1 is 1.29 bits per heavy atom. The molecule has 2 N–H and O–H groups in total. The number of ether oxygens (including phenoxy) is 1. The molecule has 1 atom stereocenters. The molecular weight excluding hydrogens is 300 g/mol. The number of guanidine groups is 1. The van der Waals surface area contributed by atoms with Crippen molar-refractivity contribution in [2.45, 2.75) is 19.0 Å². The Morgan fingerprint density at radius 3 is 3.00 bits per heavy atom. The fourth-order valence-electron chi connectivity index (χ4n) is 2.63. The zero-order valence-electron chi connectivity index (χ0n) is 13.6. The third-order valence-corrected chi connectivity index (χ3v) is 3.81. The first-order valence-corrected chi connectivity index (χ1v) is 8.14. The van der Waals surface area contributed by atoms with Gasteiger partial charge in [-0.3, -0.25) is 4.98 Å². The molecule has 2 heterocycles. The lowest BCUT2D eigenvalue weighted by molar-refractivity contribution is 0.261. The summed E-state index contributed by atoms with van der Waals surface area (Å²) in [5.74, 6) is 1.69. The van der Waals surface area contributed by atoms with Gasteiger partial charge in [0.05, 0.1) is 24.9 Å². The molecule has 124 valence electrons. The van der Waals surface area contributed by atoms with Gasteiger partial charge >= 0.3 is 0 Å². The number of benzene rings is 1. The quantitative estimate of drug-likeness (QED) is 0.505. The lowest BCUT2D eigenvalue weighted by Gasteiger charge is -2.28. The molecule has 0 aliphatic carbocycles. The van der Waals surface area contributed by atoms with Crippen LogP contribution in [0.15, 0.2) is 66.3 Å². The summed E-state index contributed by atoms with van der Waals surface area (Å²) >= 11 is 0. The summed E-state index contributed by atoms with van der Waals surface area (Å²) in [7, 11) is 0. The van der Waals surface area contributed by atoms with Gasteiger partial charge < -0.3 is 15.4 Å². The van der Waals surface area contributed by atoms with Crippen LogP contribution in [0.2, 0.25) is 0 Å². The predicted molar refractivity (Wildman–Crippen MR) is 96.0 cm³/mol. The van der Waals surface area contributed by atoms with Crippen molar-refractivity contribution in [3.05, 3.63) is 72.6 Å². The number of rotatable bonds is 5. The molecule has 0 bridgehead atoms. The van der Waals surface area contributed by atoms with E-state index in [1.54, 1.807) is 6.20 Å². The highest BCUT2D eigenvalue weighted by Crippen LogP contribution is 2.31. The number of pyridine rings is 1. The zero-order valence-corrected chi connectivity index (χ0v) is 13.6. The summed E-state index contributed by atoms with van der Waals surface area (Å²) in [6.07, 6.45) is 4.50. The molecule has 0 spiro atoms. The van der Waals surface area contributed by atoms with Crippen LogP contribution in [0.4, 0.5) is 0 Å². The minimum atomic E-state index is 0.176. The van der Waals surface area contributed by atoms with Gasteiger partial charge in [0.1, 0.15) is 5.75 Å². The van der Waals surface area contributed by atoms with Crippen molar-refractivity contribution in [1.29, 1.82) is 0 Å². The maximum atomic E-state index is 5.72. The smallest absolute Gasteiger partial charge is 0.192 e. The molecule has 0 fully saturated rings. The van der Waals surface area contributed by atoms with Gasteiger partial charge in [-0.1, -0.05) is 30.3 Å². The standard InChI is InChI=1S/C19H22N4O/c1-2-11-21-19(22-14-15-7-5-6-12-20-15)23-17-10-13-24-18-9-4-3-8-16(17)18/h2-9,12,17H,1,10-11,13-14H2,(H2,21,22,23)/t17-/m0/s1. The van der Waals surface area contributed by atoms with Crippen LogP contribution >= 0.6 is 0 Å². The molecule has 1 aromatic heterocycles. The largest absolute Gasteiger partial charge is 0.493 e. The van der Waals surface area contributed by atoms with Gasteiger partial charge in [-0.05, 0) is 18.2 Å². The van der Waals surface area contributed by atoms with E-state index in [0.29, 0.717) is 19.7 Å². The predicted octanol–water partition coefficient (Wildman–Crippen LogP) is 2.83. The number of nitrogens with one attached hydrogen (secondary N) is 2. The molecule has 0 saturated carbocycles. The van der Waals surface area contributed by atoms with Crippen LogP contribution in [-0.4, -0.2) is 24.1 Å². The normalized spacial score (nSPS) is 16.7. The number of fused-ring (bicyclic) bond motifs is 1. The van der Waals surface area contributed by atoms with Crippen molar-refractivity contribution in [1.82, 2.24) is 15.6 Å². The van der Waals surface area contributed by atoms with Crippen LogP contribution in [0.5, 0.6) is 5.75 Å². The van der Waals surface area contributed by atoms with Gasteiger partial charge in [0.15, 0.2) is 5.96 Å². The topological polar surface area (TPSA) is 58.5 Å². The van der Waals surface area contributed by atoms with Crippen molar-refractivity contribution < 1.29 is 4.74 Å². The molecule has 1 aliphatic rings. The Labute approximate surface area is 142 Å². The zero-order chi connectivity index (χ0) is 16.6. The SMILES string of the molecule is C=CCNC(=NCc1ccccn1)N[C@H]1CCOc2ccccc21. The Morgan fingerprint density at radius 2 is 2.17 bits per heavy atom. The fraction of sp³-hybridized carbons (Fsp3) is 0.263. The van der Waals surface area contributed by atoms with E-state index < -0.39 is 0 Å². The highest BCUT2D eigenvalue weighted by Gasteiger charge is 2.21. The molecule has 1 aliphatic heterocycles. The van der Waals surface area contributed by atoms with E-state index in [2.05, 4.69) is 33.3 Å². The minimum absolute atomic E-state index is 0.176. The molecule has 24 heavy (non-hydrogen) atoms. The third-order valence-electron chi connectivity index (χ3n) is 3.81. The van der Waals surface area contributed by atoms with Crippen molar-refractivity contribution in [2.75, 3.05) is 13.2 Å². The second-order valence-electron chi connectivity index (χ2n) is 5.53. The van der Waals surface area contributed by atoms with Gasteiger partial charge in [0.2, 0.25) is 0 Å². The lowest BCUT2D eigenvalue weighted by Crippen LogP contribution is -2.41. The Kier molecular flexibility index (Phi) is 5.45. The summed E-state index contributed by atoms with van der Waals surface area (Å²) in [5.41, 5.74) is 2.10. The van der Waals surface area contributed by atoms with Gasteiger partial charge in [-0.25, -0.2) is 4.99 Å². The molecule has 0 radical (unpaired) electrons. The first-order valence-electron chi connectivity index (χ1n) is 8.14. The monoisotopic (exact) mass is 322 g/mol. The first-order chi connectivity index (χ1) is 11.9. The van der Waals surface area contributed by atoms with Crippen LogP contribution in [0.25, 0.3) is 0 Å². The molecule has 5 nitrogen and oxygen atoms in total. The average molecular weight is 322 g/mol. The molecular formula is C19H22N4O. The number of nitrogens with zero attached hydrogens (tertiary/aromatic N) is 2. The van der Waals surface area contributed by atoms with E-state index >= 15 is 0 Å². The van der Waals surface area contributed by atoms with E-state index in [1.807, 2.05) is 42.5 Å². The van der Waals surface area contributed by atoms with Gasteiger partial charge in [0.25, 0.3) is 0 Å². The Hall–Kier alpha value is -2.82. The minimum Gasteiger partial charge on any atom is -0.493 e. The second-order valence-corrected chi connectivity index (χ2v) is 5.53. The average Bonchev–Trinajstić information content (AvgIpc) is 2.65. The third kappa shape index (κ3) is 4.13. The number of para-hydroxylation sites is 1. The summed E-state index contributed by atoms with van der Waals surface area (Å²) in [4.78, 5) is 8.95. The van der Waals surface area contributed by atoms with Gasteiger partial charge in [0, 0.05) is 24.7 Å². The molecule has 2 aromatic rings. The second kappa shape index (κ2) is 8.15. The lowest BCUT2D eigenvalue weighted by atomic mass is 10.0. The van der Waals surface area contributed by atoms with Crippen molar-refractivity contribution in [3.63, 3.8) is 0 Å². The molecule has 3 rings (SSSR count). The van der Waals surface area contributed by atoms with Crippen LogP contribution in [0.1, 0.15) is 23.7 Å². The van der Waals surface area contributed by atoms with Crippen LogP contribution in [0.3, 0.4) is 0 Å². The van der Waals surface area contributed by atoms with E-state index in [9.17, 15) is 0 Å². The van der Waals surface area contributed by atoms with Crippen molar-refractivity contribution in [3.8, 4) is 5.75 Å². The number of aliphatic imine (C=N–C) groups is 1. The Bertz CT molecular complexity index is 700. The maximum Gasteiger partial charge on any atom is 0.192 e. The van der Waals surface area contributed by atoms with Crippen molar-refractivity contribution in [2.24, 2.45) is 4.99 Å². The van der Waals surface area contributed by atoms with Crippen LogP contribution in [-0.2, 0) is 6.54 Å². The van der Waals surface area contributed by atoms with Crippen molar-refractivity contribution >= 4 is 5.96 Å².